The number of ether oxygens (including phenoxy) is 1. The van der Waals surface area contributed by atoms with Crippen molar-refractivity contribution in [1.29, 1.82) is 0 Å². The number of nitro groups is 3. The predicted octanol–water partition coefficient (Wildman–Crippen LogP) is 2.45. The number of rotatable bonds is 7. The molecule has 0 fully saturated rings. The highest BCUT2D eigenvalue weighted by atomic mass is 16.6. The highest BCUT2D eigenvalue weighted by Crippen LogP contribution is 2.25. The number of ketones is 1. The minimum atomic E-state index is -1.22. The molecule has 2 aromatic rings. The summed E-state index contributed by atoms with van der Waals surface area (Å²) >= 11 is 0. The van der Waals surface area contributed by atoms with Gasteiger partial charge in [-0.15, -0.1) is 0 Å². The van der Waals surface area contributed by atoms with E-state index in [1.54, 1.807) is 0 Å². The molecule has 0 N–H and O–H groups in total. The first kappa shape index (κ1) is 19.1. The lowest BCUT2D eigenvalue weighted by atomic mass is 10.1. The number of nitrogens with zero attached hydrogens (tertiary/aromatic N) is 3. The predicted molar refractivity (Wildman–Crippen MR) is 87.5 cm³/mol. The van der Waals surface area contributed by atoms with Crippen LogP contribution in [0.25, 0.3) is 0 Å². The van der Waals surface area contributed by atoms with Crippen LogP contribution in [0.1, 0.15) is 20.7 Å². The van der Waals surface area contributed by atoms with Gasteiger partial charge in [-0.3, -0.25) is 35.1 Å². The summed E-state index contributed by atoms with van der Waals surface area (Å²) in [6.45, 7) is -0.773. The van der Waals surface area contributed by atoms with E-state index in [2.05, 4.69) is 0 Å². The van der Waals surface area contributed by atoms with Crippen molar-refractivity contribution in [2.45, 2.75) is 0 Å². The van der Waals surface area contributed by atoms with E-state index in [4.69, 9.17) is 4.74 Å². The van der Waals surface area contributed by atoms with Gasteiger partial charge in [-0.1, -0.05) is 0 Å². The van der Waals surface area contributed by atoms with Gasteiger partial charge in [0.05, 0.1) is 20.8 Å². The van der Waals surface area contributed by atoms with E-state index in [0.717, 1.165) is 24.3 Å². The van der Waals surface area contributed by atoms with Gasteiger partial charge < -0.3 is 4.74 Å². The lowest BCUT2D eigenvalue weighted by Crippen LogP contribution is -2.15. The van der Waals surface area contributed by atoms with Crippen molar-refractivity contribution in [2.75, 3.05) is 6.61 Å². The fraction of sp³-hybridized carbons (Fsp3) is 0.0667. The van der Waals surface area contributed by atoms with E-state index in [1.165, 1.54) is 12.1 Å². The van der Waals surface area contributed by atoms with Crippen molar-refractivity contribution in [3.63, 3.8) is 0 Å². The molecule has 0 saturated heterocycles. The molecule has 0 amide bonds. The van der Waals surface area contributed by atoms with Crippen LogP contribution in [0.5, 0.6) is 0 Å². The number of hydrogen-bond donors (Lipinski definition) is 0. The monoisotopic (exact) mass is 375 g/mol. The normalized spacial score (nSPS) is 10.1. The third kappa shape index (κ3) is 4.45. The molecule has 0 aliphatic rings. The lowest BCUT2D eigenvalue weighted by molar-refractivity contribution is -0.394. The van der Waals surface area contributed by atoms with Gasteiger partial charge in [0.15, 0.2) is 12.4 Å². The molecule has 2 rings (SSSR count). The topological polar surface area (TPSA) is 173 Å². The Morgan fingerprint density at radius 2 is 1.37 bits per heavy atom. The zero-order valence-electron chi connectivity index (χ0n) is 13.3. The molecule has 0 heterocycles. The van der Waals surface area contributed by atoms with Crippen LogP contribution >= 0.6 is 0 Å². The maximum atomic E-state index is 12.0. The summed E-state index contributed by atoms with van der Waals surface area (Å²) < 4.78 is 4.72. The fourth-order valence-electron chi connectivity index (χ4n) is 2.02. The molecule has 0 aliphatic heterocycles. The standard InChI is InChI=1S/C15H9N3O9/c19-14(9-1-3-10(4-2-9)16(21)22)8-27-15(20)12-6-5-11(17(23)24)7-13(12)18(25)26/h1-7H,8H2. The van der Waals surface area contributed by atoms with Crippen molar-refractivity contribution in [3.05, 3.63) is 83.9 Å². The number of carbonyl (C=O) groups is 2. The van der Waals surface area contributed by atoms with E-state index in [0.29, 0.717) is 6.07 Å². The number of nitro benzene ring substituents is 3. The number of Topliss-reactive ketones (excluding diaryl/α,β-unsaturated/α-hetero) is 1. The maximum absolute atomic E-state index is 12.0. The number of non-ortho nitro benzene ring substituents is 2. The average molecular weight is 375 g/mol. The van der Waals surface area contributed by atoms with Gasteiger partial charge in [-0.05, 0) is 18.2 Å². The molecule has 12 heteroatoms. The van der Waals surface area contributed by atoms with Crippen molar-refractivity contribution >= 4 is 28.8 Å². The Bertz CT molecular complexity index is 954. The molecule has 0 aromatic heterocycles. The molecular formula is C15H9N3O9. The molecular weight excluding hydrogens is 366 g/mol. The molecule has 0 spiro atoms. The minimum Gasteiger partial charge on any atom is -0.454 e. The SMILES string of the molecule is O=C(COC(=O)c1ccc([N+](=O)[O-])cc1[N+](=O)[O-])c1ccc([N+](=O)[O-])cc1. The molecule has 0 atom stereocenters. The summed E-state index contributed by atoms with van der Waals surface area (Å²) in [5.41, 5.74) is -2.17. The molecule has 0 aliphatic carbocycles. The van der Waals surface area contributed by atoms with Crippen LogP contribution in [0.4, 0.5) is 17.1 Å². The summed E-state index contributed by atoms with van der Waals surface area (Å²) in [5, 5.41) is 32.2. The van der Waals surface area contributed by atoms with Crippen LogP contribution in [0.2, 0.25) is 0 Å². The molecule has 0 saturated carbocycles. The molecule has 0 unspecified atom stereocenters. The van der Waals surface area contributed by atoms with Gasteiger partial charge in [-0.2, -0.15) is 0 Å². The zero-order valence-corrected chi connectivity index (χ0v) is 13.3. The highest BCUT2D eigenvalue weighted by molar-refractivity contribution is 6.00. The molecule has 2 aromatic carbocycles. The third-order valence-electron chi connectivity index (χ3n) is 3.34. The van der Waals surface area contributed by atoms with Gasteiger partial charge in [0.2, 0.25) is 0 Å². The fourth-order valence-corrected chi connectivity index (χ4v) is 2.02. The zero-order chi connectivity index (χ0) is 20.1. The Balaban J connectivity index is 2.13. The average Bonchev–Trinajstić information content (AvgIpc) is 2.65. The van der Waals surface area contributed by atoms with E-state index < -0.39 is 50.1 Å². The first-order valence-corrected chi connectivity index (χ1v) is 7.08. The Morgan fingerprint density at radius 3 is 1.89 bits per heavy atom. The Hall–Kier alpha value is -4.22. The molecule has 12 nitrogen and oxygen atoms in total. The van der Waals surface area contributed by atoms with Crippen LogP contribution in [0.3, 0.4) is 0 Å². The second kappa shape index (κ2) is 7.77. The first-order valence-electron chi connectivity index (χ1n) is 7.08. The lowest BCUT2D eigenvalue weighted by Gasteiger charge is -2.05. The molecule has 27 heavy (non-hydrogen) atoms. The Morgan fingerprint density at radius 1 is 0.815 bits per heavy atom. The molecule has 0 bridgehead atoms. The van der Waals surface area contributed by atoms with Crippen molar-refractivity contribution < 1.29 is 29.1 Å². The Kier molecular flexibility index (Phi) is 5.50. The molecule has 138 valence electrons. The van der Waals surface area contributed by atoms with Crippen LogP contribution in [-0.4, -0.2) is 33.1 Å². The van der Waals surface area contributed by atoms with E-state index in [-0.39, 0.29) is 11.3 Å². The third-order valence-corrected chi connectivity index (χ3v) is 3.34. The van der Waals surface area contributed by atoms with Gasteiger partial charge in [0.1, 0.15) is 5.56 Å². The molecule has 0 radical (unpaired) electrons. The summed E-state index contributed by atoms with van der Waals surface area (Å²) in [6, 6.07) is 6.88. The summed E-state index contributed by atoms with van der Waals surface area (Å²) in [6.07, 6.45) is 0. The van der Waals surface area contributed by atoms with Gasteiger partial charge >= 0.3 is 5.97 Å². The van der Waals surface area contributed by atoms with Crippen LogP contribution in [-0.2, 0) is 4.74 Å². The Labute approximate surface area is 149 Å². The second-order valence-electron chi connectivity index (χ2n) is 5.02. The maximum Gasteiger partial charge on any atom is 0.345 e. The van der Waals surface area contributed by atoms with E-state index in [1.807, 2.05) is 0 Å². The van der Waals surface area contributed by atoms with Crippen LogP contribution < -0.4 is 0 Å². The summed E-state index contributed by atoms with van der Waals surface area (Å²) in [5.74, 6) is -1.91. The van der Waals surface area contributed by atoms with Gasteiger partial charge in [-0.25, -0.2) is 4.79 Å². The quantitative estimate of drug-likeness (QED) is 0.305. The van der Waals surface area contributed by atoms with Crippen molar-refractivity contribution in [1.82, 2.24) is 0 Å². The summed E-state index contributed by atoms with van der Waals surface area (Å²) in [4.78, 5) is 53.7. The van der Waals surface area contributed by atoms with Crippen LogP contribution in [0.15, 0.2) is 42.5 Å². The first-order chi connectivity index (χ1) is 12.7. The number of esters is 1. The largest absolute Gasteiger partial charge is 0.454 e. The number of hydrogen-bond acceptors (Lipinski definition) is 9. The van der Waals surface area contributed by atoms with Crippen molar-refractivity contribution in [3.8, 4) is 0 Å². The minimum absolute atomic E-state index is 0.0339. The van der Waals surface area contributed by atoms with Crippen molar-refractivity contribution in [2.24, 2.45) is 0 Å². The smallest absolute Gasteiger partial charge is 0.345 e. The second-order valence-corrected chi connectivity index (χ2v) is 5.02. The number of carbonyl (C=O) groups excluding carboxylic acids is 2. The highest BCUT2D eigenvalue weighted by Gasteiger charge is 2.25. The number of benzene rings is 2. The van der Waals surface area contributed by atoms with Gasteiger partial charge in [0, 0.05) is 23.8 Å². The van der Waals surface area contributed by atoms with E-state index in [9.17, 15) is 39.9 Å². The summed E-state index contributed by atoms with van der Waals surface area (Å²) in [7, 11) is 0. The van der Waals surface area contributed by atoms with Crippen LogP contribution in [0, 0.1) is 30.3 Å². The van der Waals surface area contributed by atoms with E-state index >= 15 is 0 Å². The van der Waals surface area contributed by atoms with Gasteiger partial charge in [0.25, 0.3) is 17.1 Å².